The molecule has 0 atom stereocenters. The largest absolute Gasteiger partial charge is 0.438 e. The predicted octanol–water partition coefficient (Wildman–Crippen LogP) is 5.68. The van der Waals surface area contributed by atoms with Crippen molar-refractivity contribution < 1.29 is 4.74 Å². The minimum atomic E-state index is 0.305. The fourth-order valence-electron chi connectivity index (χ4n) is 1.29. The summed E-state index contributed by atoms with van der Waals surface area (Å²) >= 11 is 20.9. The molecule has 0 radical (unpaired) electrons. The van der Waals surface area contributed by atoms with Gasteiger partial charge in [0.15, 0.2) is 0 Å². The Morgan fingerprint density at radius 2 is 2.00 bits per heavy atom. The highest BCUT2D eigenvalue weighted by Crippen LogP contribution is 2.32. The van der Waals surface area contributed by atoms with Crippen molar-refractivity contribution >= 4 is 50.7 Å². The molecule has 0 spiro atoms. The molecule has 2 nitrogen and oxygen atoms in total. The SMILES string of the molecule is ClCc1cc(Oc2ccc(Cl)cc2Br)ncc1Cl. The van der Waals surface area contributed by atoms with E-state index in [1.165, 1.54) is 6.20 Å². The Kier molecular flexibility index (Phi) is 4.73. The summed E-state index contributed by atoms with van der Waals surface area (Å²) in [7, 11) is 0. The molecule has 0 saturated heterocycles. The van der Waals surface area contributed by atoms with Gasteiger partial charge in [-0.1, -0.05) is 23.2 Å². The molecule has 0 amide bonds. The lowest BCUT2D eigenvalue weighted by atomic mass is 10.3. The lowest BCUT2D eigenvalue weighted by Gasteiger charge is -2.08. The maximum Gasteiger partial charge on any atom is 0.219 e. The first-order valence-electron chi connectivity index (χ1n) is 4.93. The fourth-order valence-corrected chi connectivity index (χ4v) is 2.51. The highest BCUT2D eigenvalue weighted by Gasteiger charge is 2.07. The first-order chi connectivity index (χ1) is 8.60. The minimum absolute atomic E-state index is 0.305. The number of benzene rings is 1. The van der Waals surface area contributed by atoms with E-state index in [1.54, 1.807) is 24.3 Å². The average Bonchev–Trinajstić information content (AvgIpc) is 2.35. The van der Waals surface area contributed by atoms with E-state index in [9.17, 15) is 0 Å². The van der Waals surface area contributed by atoms with Crippen molar-refractivity contribution in [2.75, 3.05) is 0 Å². The van der Waals surface area contributed by atoms with Crippen molar-refractivity contribution in [3.63, 3.8) is 0 Å². The second-order valence-corrected chi connectivity index (χ2v) is 5.39. The molecule has 1 heterocycles. The van der Waals surface area contributed by atoms with Gasteiger partial charge < -0.3 is 4.74 Å². The lowest BCUT2D eigenvalue weighted by Crippen LogP contribution is -1.91. The van der Waals surface area contributed by atoms with E-state index in [0.29, 0.717) is 27.6 Å². The van der Waals surface area contributed by atoms with E-state index >= 15 is 0 Å². The van der Waals surface area contributed by atoms with Gasteiger partial charge in [-0.3, -0.25) is 0 Å². The van der Waals surface area contributed by atoms with Crippen LogP contribution in [-0.2, 0) is 5.88 Å². The standard InChI is InChI=1S/C12H7BrCl3NO/c13-9-4-8(15)1-2-11(9)18-12-3-7(5-14)10(16)6-17-12/h1-4,6H,5H2. The molecule has 2 rings (SSSR count). The molecule has 0 N–H and O–H groups in total. The van der Waals surface area contributed by atoms with Crippen LogP contribution in [-0.4, -0.2) is 4.98 Å². The van der Waals surface area contributed by atoms with Gasteiger partial charge in [0.05, 0.1) is 9.50 Å². The van der Waals surface area contributed by atoms with Crippen LogP contribution in [0.15, 0.2) is 34.9 Å². The van der Waals surface area contributed by atoms with Crippen LogP contribution in [0.5, 0.6) is 11.6 Å². The van der Waals surface area contributed by atoms with Crippen molar-refractivity contribution in [2.45, 2.75) is 5.88 Å². The lowest BCUT2D eigenvalue weighted by molar-refractivity contribution is 0.459. The first-order valence-corrected chi connectivity index (χ1v) is 7.02. The summed E-state index contributed by atoms with van der Waals surface area (Å²) in [6.07, 6.45) is 1.51. The Bertz CT molecular complexity index is 577. The number of aromatic nitrogens is 1. The average molecular weight is 367 g/mol. The van der Waals surface area contributed by atoms with Gasteiger partial charge in [-0.05, 0) is 39.7 Å². The normalized spacial score (nSPS) is 10.4. The number of ether oxygens (including phenoxy) is 1. The summed E-state index contributed by atoms with van der Waals surface area (Å²) < 4.78 is 6.38. The van der Waals surface area contributed by atoms with Gasteiger partial charge in [-0.2, -0.15) is 0 Å². The van der Waals surface area contributed by atoms with Crippen LogP contribution < -0.4 is 4.74 Å². The number of pyridine rings is 1. The van der Waals surface area contributed by atoms with Gasteiger partial charge in [-0.15, -0.1) is 11.6 Å². The second kappa shape index (κ2) is 6.11. The summed E-state index contributed by atoms with van der Waals surface area (Å²) in [6.45, 7) is 0. The van der Waals surface area contributed by atoms with Crippen molar-refractivity contribution in [2.24, 2.45) is 0 Å². The Balaban J connectivity index is 2.28. The van der Waals surface area contributed by atoms with Gasteiger partial charge in [0.25, 0.3) is 0 Å². The molecule has 0 aliphatic carbocycles. The zero-order valence-corrected chi connectivity index (χ0v) is 12.8. The Labute approximate surface area is 128 Å². The molecule has 2 aromatic rings. The van der Waals surface area contributed by atoms with E-state index in [2.05, 4.69) is 20.9 Å². The summed E-state index contributed by atoms with van der Waals surface area (Å²) in [5, 5.41) is 1.15. The van der Waals surface area contributed by atoms with Crippen LogP contribution in [0.25, 0.3) is 0 Å². The van der Waals surface area contributed by atoms with Crippen molar-refractivity contribution in [3.05, 3.63) is 50.5 Å². The number of hydrogen-bond acceptors (Lipinski definition) is 2. The third-order valence-electron chi connectivity index (χ3n) is 2.16. The number of alkyl halides is 1. The molecule has 0 saturated carbocycles. The van der Waals surface area contributed by atoms with E-state index in [4.69, 9.17) is 39.5 Å². The summed E-state index contributed by atoms with van der Waals surface area (Å²) in [4.78, 5) is 4.08. The van der Waals surface area contributed by atoms with Crippen LogP contribution in [0.1, 0.15) is 5.56 Å². The third-order valence-corrected chi connectivity index (χ3v) is 3.65. The number of rotatable bonds is 3. The van der Waals surface area contributed by atoms with Crippen LogP contribution >= 0.6 is 50.7 Å². The zero-order valence-electron chi connectivity index (χ0n) is 8.96. The van der Waals surface area contributed by atoms with E-state index in [1.807, 2.05) is 0 Å². The van der Waals surface area contributed by atoms with Gasteiger partial charge in [0.1, 0.15) is 5.75 Å². The maximum absolute atomic E-state index is 5.92. The van der Waals surface area contributed by atoms with Crippen molar-refractivity contribution in [3.8, 4) is 11.6 Å². The first kappa shape index (κ1) is 13.9. The second-order valence-electron chi connectivity index (χ2n) is 3.42. The van der Waals surface area contributed by atoms with Gasteiger partial charge in [-0.25, -0.2) is 4.98 Å². The summed E-state index contributed by atoms with van der Waals surface area (Å²) in [5.41, 5.74) is 0.772. The molecule has 0 aliphatic heterocycles. The number of nitrogens with zero attached hydrogens (tertiary/aromatic N) is 1. The molecule has 0 unspecified atom stereocenters. The van der Waals surface area contributed by atoms with Gasteiger partial charge >= 0.3 is 0 Å². The van der Waals surface area contributed by atoms with E-state index < -0.39 is 0 Å². The molecule has 0 bridgehead atoms. The number of hydrogen-bond donors (Lipinski definition) is 0. The van der Waals surface area contributed by atoms with Crippen molar-refractivity contribution in [1.29, 1.82) is 0 Å². The van der Waals surface area contributed by atoms with E-state index in [0.717, 1.165) is 10.0 Å². The predicted molar refractivity (Wildman–Crippen MR) is 78.0 cm³/mol. The summed E-state index contributed by atoms with van der Waals surface area (Å²) in [6, 6.07) is 6.94. The Morgan fingerprint density at radius 3 is 2.67 bits per heavy atom. The molecular weight excluding hydrogens is 360 g/mol. The maximum atomic E-state index is 5.92. The third kappa shape index (κ3) is 3.29. The fraction of sp³-hybridized carbons (Fsp3) is 0.0833. The molecule has 0 aliphatic rings. The van der Waals surface area contributed by atoms with Crippen LogP contribution in [0, 0.1) is 0 Å². The molecule has 1 aromatic heterocycles. The topological polar surface area (TPSA) is 22.1 Å². The molecule has 6 heteroatoms. The van der Waals surface area contributed by atoms with Crippen LogP contribution in [0.2, 0.25) is 10.0 Å². The Morgan fingerprint density at radius 1 is 1.22 bits per heavy atom. The molecule has 94 valence electrons. The molecular formula is C12H7BrCl3NO. The molecule has 0 fully saturated rings. The highest BCUT2D eigenvalue weighted by atomic mass is 79.9. The van der Waals surface area contributed by atoms with Gasteiger partial charge in [0, 0.05) is 23.2 Å². The monoisotopic (exact) mass is 365 g/mol. The Hall–Kier alpha value is -0.480. The highest BCUT2D eigenvalue weighted by molar-refractivity contribution is 9.10. The summed E-state index contributed by atoms with van der Waals surface area (Å²) in [5.74, 6) is 1.35. The zero-order chi connectivity index (χ0) is 13.1. The van der Waals surface area contributed by atoms with Crippen molar-refractivity contribution in [1.82, 2.24) is 4.98 Å². The van der Waals surface area contributed by atoms with E-state index in [-0.39, 0.29) is 0 Å². The number of halogens is 4. The molecule has 18 heavy (non-hydrogen) atoms. The minimum Gasteiger partial charge on any atom is -0.438 e. The quantitative estimate of drug-likeness (QED) is 0.651. The van der Waals surface area contributed by atoms with Gasteiger partial charge in [0.2, 0.25) is 5.88 Å². The molecule has 1 aromatic carbocycles. The van der Waals surface area contributed by atoms with Crippen LogP contribution in [0.3, 0.4) is 0 Å². The van der Waals surface area contributed by atoms with Crippen LogP contribution in [0.4, 0.5) is 0 Å². The smallest absolute Gasteiger partial charge is 0.219 e.